The van der Waals surface area contributed by atoms with Crippen LogP contribution in [0, 0.1) is 0 Å². The number of allylic oxidation sites excluding steroid dienone is 1. The largest absolute Gasteiger partial charge is 0.396 e. The van der Waals surface area contributed by atoms with Crippen molar-refractivity contribution in [2.75, 3.05) is 5.75 Å². The van der Waals surface area contributed by atoms with E-state index in [-0.39, 0.29) is 10.6 Å². The third-order valence-electron chi connectivity index (χ3n) is 1.31. The first-order chi connectivity index (χ1) is 5.99. The van der Waals surface area contributed by atoms with Gasteiger partial charge in [0.1, 0.15) is 0 Å². The lowest BCUT2D eigenvalue weighted by molar-refractivity contribution is -0.107. The van der Waals surface area contributed by atoms with E-state index in [2.05, 4.69) is 4.40 Å². The normalized spacial score (nSPS) is 19.5. The number of nitrogens with two attached hydrogens (primary N) is 1. The van der Waals surface area contributed by atoms with Crippen LogP contribution in [0.1, 0.15) is 6.92 Å². The van der Waals surface area contributed by atoms with Crippen molar-refractivity contribution < 1.29 is 13.2 Å². The first-order valence-electron chi connectivity index (χ1n) is 3.46. The van der Waals surface area contributed by atoms with Crippen LogP contribution in [0.5, 0.6) is 0 Å². The van der Waals surface area contributed by atoms with E-state index in [0.717, 1.165) is 18.0 Å². The molecule has 1 aliphatic rings. The summed E-state index contributed by atoms with van der Waals surface area (Å²) in [4.78, 5) is 10.8. The van der Waals surface area contributed by atoms with Crippen molar-refractivity contribution in [3.8, 4) is 0 Å². The average molecular weight is 220 g/mol. The van der Waals surface area contributed by atoms with Crippen LogP contribution in [0.4, 0.5) is 0 Å². The predicted octanol–water partition coefficient (Wildman–Crippen LogP) is -0.149. The van der Waals surface area contributed by atoms with Gasteiger partial charge < -0.3 is 5.73 Å². The highest BCUT2D eigenvalue weighted by molar-refractivity contribution is 8.16. The van der Waals surface area contributed by atoms with Gasteiger partial charge in [0.05, 0.1) is 11.9 Å². The molecule has 0 saturated carbocycles. The monoisotopic (exact) mass is 220 g/mol. The molecule has 1 rings (SSSR count). The molecule has 5 nitrogen and oxygen atoms in total. The summed E-state index contributed by atoms with van der Waals surface area (Å²) in [5, 5.41) is -0.544. The van der Waals surface area contributed by atoms with Gasteiger partial charge in [-0.1, -0.05) is 18.7 Å². The summed E-state index contributed by atoms with van der Waals surface area (Å²) >= 11 is 0.899. The lowest BCUT2D eigenvalue weighted by atomic mass is 10.4. The molecule has 0 atom stereocenters. The van der Waals surface area contributed by atoms with Gasteiger partial charge in [-0.25, -0.2) is 0 Å². The lowest BCUT2D eigenvalue weighted by Gasteiger charge is -1.98. The number of rotatable bonds is 2. The third-order valence-corrected chi connectivity index (χ3v) is 3.52. The Morgan fingerprint density at radius 1 is 1.69 bits per heavy atom. The van der Waals surface area contributed by atoms with E-state index in [1.807, 2.05) is 0 Å². The molecule has 0 aliphatic carbocycles. The molecule has 13 heavy (non-hydrogen) atoms. The molecule has 0 amide bonds. The summed E-state index contributed by atoms with van der Waals surface area (Å²) in [6, 6.07) is 0. The van der Waals surface area contributed by atoms with Crippen molar-refractivity contribution >= 4 is 33.1 Å². The molecule has 0 aromatic carbocycles. The maximum Gasteiger partial charge on any atom is 0.288 e. The zero-order valence-corrected chi connectivity index (χ0v) is 8.48. The Kier molecular flexibility index (Phi) is 2.77. The molecule has 0 saturated heterocycles. The first kappa shape index (κ1) is 10.3. The summed E-state index contributed by atoms with van der Waals surface area (Å²) in [7, 11) is -3.80. The summed E-state index contributed by atoms with van der Waals surface area (Å²) in [6.07, 6.45) is 0.985. The van der Waals surface area contributed by atoms with Crippen molar-refractivity contribution in [1.82, 2.24) is 0 Å². The van der Waals surface area contributed by atoms with E-state index in [1.54, 1.807) is 6.92 Å². The fourth-order valence-electron chi connectivity index (χ4n) is 0.806. The molecule has 1 aliphatic heterocycles. The van der Waals surface area contributed by atoms with E-state index in [4.69, 9.17) is 5.73 Å². The Labute approximate surface area is 80.1 Å². The predicted molar refractivity (Wildman–Crippen MR) is 51.8 cm³/mol. The highest BCUT2D eigenvalue weighted by Crippen LogP contribution is 2.22. The van der Waals surface area contributed by atoms with Crippen molar-refractivity contribution in [2.45, 2.75) is 6.92 Å². The smallest absolute Gasteiger partial charge is 0.288 e. The van der Waals surface area contributed by atoms with E-state index in [1.165, 1.54) is 0 Å². The molecular formula is C6H8N2O3S2. The number of thioether (sulfide) groups is 1. The van der Waals surface area contributed by atoms with Gasteiger partial charge in [0.25, 0.3) is 10.0 Å². The Morgan fingerprint density at radius 2 is 2.31 bits per heavy atom. The fourth-order valence-corrected chi connectivity index (χ4v) is 2.73. The molecule has 0 radical (unpaired) electrons. The van der Waals surface area contributed by atoms with E-state index < -0.39 is 15.1 Å². The number of hydrogen-bond donors (Lipinski definition) is 1. The second kappa shape index (κ2) is 3.51. The summed E-state index contributed by atoms with van der Waals surface area (Å²) in [5.74, 6) is 0.505. The van der Waals surface area contributed by atoms with Crippen LogP contribution < -0.4 is 5.73 Å². The van der Waals surface area contributed by atoms with Gasteiger partial charge in [-0.05, 0) is 5.75 Å². The standard InChI is InChI=1S/C6H8N2O3S2/c1-2-12-6(9)5-4(7)3-8-13(5,10)11/h3H,2,7H2,1H3. The molecule has 0 fully saturated rings. The number of sulfonamides is 1. The van der Waals surface area contributed by atoms with Crippen LogP contribution in [0.3, 0.4) is 0 Å². The van der Waals surface area contributed by atoms with Crippen molar-refractivity contribution in [3.63, 3.8) is 0 Å². The van der Waals surface area contributed by atoms with Gasteiger partial charge in [0, 0.05) is 0 Å². The third kappa shape index (κ3) is 1.92. The van der Waals surface area contributed by atoms with E-state index in [0.29, 0.717) is 5.75 Å². The van der Waals surface area contributed by atoms with Gasteiger partial charge in [-0.2, -0.15) is 12.8 Å². The van der Waals surface area contributed by atoms with Crippen LogP contribution in [-0.2, 0) is 14.8 Å². The molecular weight excluding hydrogens is 212 g/mol. The molecule has 72 valence electrons. The molecule has 0 aromatic heterocycles. The zero-order valence-electron chi connectivity index (χ0n) is 6.85. The van der Waals surface area contributed by atoms with Gasteiger partial charge in [0.15, 0.2) is 4.91 Å². The average Bonchev–Trinajstić information content (AvgIpc) is 2.26. The SMILES string of the molecule is CCSC(=O)C1=C(N)C=NS1(=O)=O. The van der Waals surface area contributed by atoms with Gasteiger partial charge >= 0.3 is 0 Å². The quantitative estimate of drug-likeness (QED) is 0.699. The minimum absolute atomic E-state index is 0.0778. The van der Waals surface area contributed by atoms with E-state index in [9.17, 15) is 13.2 Å². The highest BCUT2D eigenvalue weighted by Gasteiger charge is 2.30. The second-order valence-electron chi connectivity index (χ2n) is 2.21. The number of carbonyl (C=O) groups is 1. The van der Waals surface area contributed by atoms with Gasteiger partial charge in [-0.15, -0.1) is 0 Å². The van der Waals surface area contributed by atoms with Crippen LogP contribution in [0.2, 0.25) is 0 Å². The Hall–Kier alpha value is -0.820. The zero-order chi connectivity index (χ0) is 10.1. The number of hydrogen-bond acceptors (Lipinski definition) is 5. The highest BCUT2D eigenvalue weighted by atomic mass is 32.2. The summed E-state index contributed by atoms with van der Waals surface area (Å²) in [6.45, 7) is 1.75. The van der Waals surface area contributed by atoms with E-state index >= 15 is 0 Å². The van der Waals surface area contributed by atoms with Gasteiger partial charge in [-0.3, -0.25) is 4.79 Å². The maximum absolute atomic E-state index is 11.2. The topological polar surface area (TPSA) is 89.6 Å². The number of carbonyl (C=O) groups excluding carboxylic acids is 1. The van der Waals surface area contributed by atoms with Crippen LogP contribution in [-0.4, -0.2) is 25.5 Å². The fraction of sp³-hybridized carbons (Fsp3) is 0.333. The summed E-state index contributed by atoms with van der Waals surface area (Å²) in [5.41, 5.74) is 5.22. The van der Waals surface area contributed by atoms with Crippen LogP contribution in [0.15, 0.2) is 15.0 Å². The molecule has 2 N–H and O–H groups in total. The molecule has 0 unspecified atom stereocenters. The molecule has 0 bridgehead atoms. The van der Waals surface area contributed by atoms with Crippen molar-refractivity contribution in [3.05, 3.63) is 10.6 Å². The first-order valence-corrected chi connectivity index (χ1v) is 5.89. The minimum Gasteiger partial charge on any atom is -0.396 e. The Morgan fingerprint density at radius 3 is 2.69 bits per heavy atom. The lowest BCUT2D eigenvalue weighted by Crippen LogP contribution is -2.11. The minimum atomic E-state index is -3.80. The van der Waals surface area contributed by atoms with Crippen LogP contribution in [0.25, 0.3) is 0 Å². The van der Waals surface area contributed by atoms with Gasteiger partial charge in [0.2, 0.25) is 5.12 Å². The Bertz CT molecular complexity index is 394. The number of nitrogens with zero attached hydrogens (tertiary/aromatic N) is 1. The van der Waals surface area contributed by atoms with Crippen molar-refractivity contribution in [1.29, 1.82) is 0 Å². The van der Waals surface area contributed by atoms with Crippen LogP contribution >= 0.6 is 11.8 Å². The Balaban J connectivity index is 3.06. The maximum atomic E-state index is 11.2. The molecule has 0 spiro atoms. The second-order valence-corrected chi connectivity index (χ2v) is 5.02. The summed E-state index contributed by atoms with van der Waals surface area (Å²) < 4.78 is 25.4. The molecule has 7 heteroatoms. The molecule has 0 aromatic rings. The molecule has 1 heterocycles. The van der Waals surface area contributed by atoms with Crippen molar-refractivity contribution in [2.24, 2.45) is 10.1 Å².